The standard InChI is InChI=1S/C16H15FO3/c1-11(18)12-4-3-5-15(9-12)20-10-13-8-14(17)6-7-16(13)19-2/h3-9H,10H2,1-2H3. The molecule has 0 atom stereocenters. The Morgan fingerprint density at radius 1 is 1.20 bits per heavy atom. The van der Waals surface area contributed by atoms with E-state index in [9.17, 15) is 9.18 Å². The van der Waals surface area contributed by atoms with Gasteiger partial charge in [-0.1, -0.05) is 12.1 Å². The van der Waals surface area contributed by atoms with Gasteiger partial charge in [-0.05, 0) is 37.3 Å². The van der Waals surface area contributed by atoms with Gasteiger partial charge in [-0.3, -0.25) is 4.79 Å². The lowest BCUT2D eigenvalue weighted by Gasteiger charge is -2.11. The van der Waals surface area contributed by atoms with Crippen LogP contribution in [0.2, 0.25) is 0 Å². The molecule has 0 bridgehead atoms. The Balaban J connectivity index is 2.14. The van der Waals surface area contributed by atoms with E-state index in [4.69, 9.17) is 9.47 Å². The van der Waals surface area contributed by atoms with Crippen molar-refractivity contribution in [3.8, 4) is 11.5 Å². The molecular weight excluding hydrogens is 259 g/mol. The number of hydrogen-bond acceptors (Lipinski definition) is 3. The van der Waals surface area contributed by atoms with Gasteiger partial charge in [0.1, 0.15) is 23.9 Å². The summed E-state index contributed by atoms with van der Waals surface area (Å²) in [5.74, 6) is 0.749. The normalized spacial score (nSPS) is 10.2. The molecule has 104 valence electrons. The van der Waals surface area contributed by atoms with Crippen molar-refractivity contribution < 1.29 is 18.7 Å². The number of hydrogen-bond donors (Lipinski definition) is 0. The maximum Gasteiger partial charge on any atom is 0.159 e. The number of benzene rings is 2. The summed E-state index contributed by atoms with van der Waals surface area (Å²) < 4.78 is 24.0. The van der Waals surface area contributed by atoms with Gasteiger partial charge < -0.3 is 9.47 Å². The predicted octanol–water partition coefficient (Wildman–Crippen LogP) is 3.62. The lowest BCUT2D eigenvalue weighted by atomic mass is 10.1. The highest BCUT2D eigenvalue weighted by Crippen LogP contribution is 2.22. The van der Waals surface area contributed by atoms with Crippen molar-refractivity contribution in [2.45, 2.75) is 13.5 Å². The third-order valence-corrected chi connectivity index (χ3v) is 2.88. The van der Waals surface area contributed by atoms with Crippen LogP contribution in [0, 0.1) is 5.82 Å². The van der Waals surface area contributed by atoms with Crippen LogP contribution in [0.15, 0.2) is 42.5 Å². The van der Waals surface area contributed by atoms with Crippen molar-refractivity contribution in [2.75, 3.05) is 7.11 Å². The maximum atomic E-state index is 13.2. The highest BCUT2D eigenvalue weighted by molar-refractivity contribution is 5.94. The minimum absolute atomic E-state index is 0.0289. The van der Waals surface area contributed by atoms with E-state index in [1.165, 1.54) is 26.2 Å². The number of ether oxygens (including phenoxy) is 2. The first-order valence-electron chi connectivity index (χ1n) is 6.16. The van der Waals surface area contributed by atoms with Gasteiger partial charge in [-0.25, -0.2) is 4.39 Å². The van der Waals surface area contributed by atoms with E-state index in [0.717, 1.165) is 0 Å². The van der Waals surface area contributed by atoms with Crippen molar-refractivity contribution in [3.05, 3.63) is 59.4 Å². The molecule has 0 saturated carbocycles. The molecule has 0 radical (unpaired) electrons. The summed E-state index contributed by atoms with van der Waals surface area (Å²) in [5.41, 5.74) is 1.19. The first kappa shape index (κ1) is 14.1. The molecule has 3 nitrogen and oxygen atoms in total. The van der Waals surface area contributed by atoms with Crippen LogP contribution in [0.5, 0.6) is 11.5 Å². The lowest BCUT2D eigenvalue weighted by molar-refractivity contribution is 0.101. The molecule has 2 aromatic carbocycles. The summed E-state index contributed by atoms with van der Waals surface area (Å²) >= 11 is 0. The van der Waals surface area contributed by atoms with Gasteiger partial charge in [-0.15, -0.1) is 0 Å². The Hall–Kier alpha value is -2.36. The predicted molar refractivity (Wildman–Crippen MR) is 73.7 cm³/mol. The van der Waals surface area contributed by atoms with E-state index in [1.54, 1.807) is 30.3 Å². The number of ketones is 1. The summed E-state index contributed by atoms with van der Waals surface area (Å²) in [6.45, 7) is 1.66. The topological polar surface area (TPSA) is 35.5 Å². The van der Waals surface area contributed by atoms with Crippen molar-refractivity contribution in [3.63, 3.8) is 0 Å². The van der Waals surface area contributed by atoms with Gasteiger partial charge >= 0.3 is 0 Å². The zero-order valence-corrected chi connectivity index (χ0v) is 11.4. The highest BCUT2D eigenvalue weighted by atomic mass is 19.1. The zero-order chi connectivity index (χ0) is 14.5. The van der Waals surface area contributed by atoms with E-state index in [2.05, 4.69) is 0 Å². The molecule has 0 aliphatic heterocycles. The molecule has 2 rings (SSSR count). The van der Waals surface area contributed by atoms with Crippen LogP contribution in [0.1, 0.15) is 22.8 Å². The molecule has 0 heterocycles. The molecule has 0 amide bonds. The van der Waals surface area contributed by atoms with E-state index < -0.39 is 0 Å². The third kappa shape index (κ3) is 3.35. The van der Waals surface area contributed by atoms with Crippen LogP contribution in [-0.4, -0.2) is 12.9 Å². The largest absolute Gasteiger partial charge is 0.496 e. The number of carbonyl (C=O) groups is 1. The summed E-state index contributed by atoms with van der Waals surface area (Å²) in [5, 5.41) is 0. The Kier molecular flexibility index (Phi) is 4.35. The van der Waals surface area contributed by atoms with Crippen LogP contribution in [0.25, 0.3) is 0 Å². The highest BCUT2D eigenvalue weighted by Gasteiger charge is 2.07. The molecule has 0 saturated heterocycles. The van der Waals surface area contributed by atoms with Crippen molar-refractivity contribution in [1.29, 1.82) is 0 Å². The Labute approximate surface area is 117 Å². The average molecular weight is 274 g/mol. The SMILES string of the molecule is COc1ccc(F)cc1COc1cccc(C(C)=O)c1. The molecule has 2 aromatic rings. The fourth-order valence-corrected chi connectivity index (χ4v) is 1.83. The number of halogens is 1. The zero-order valence-electron chi connectivity index (χ0n) is 11.4. The van der Waals surface area contributed by atoms with Crippen LogP contribution in [-0.2, 0) is 6.61 Å². The molecule has 4 heteroatoms. The van der Waals surface area contributed by atoms with Gasteiger partial charge in [0.05, 0.1) is 7.11 Å². The van der Waals surface area contributed by atoms with E-state index in [-0.39, 0.29) is 18.2 Å². The first-order chi connectivity index (χ1) is 9.60. The van der Waals surface area contributed by atoms with Crippen LogP contribution >= 0.6 is 0 Å². The summed E-state index contributed by atoms with van der Waals surface area (Å²) in [6, 6.07) is 11.1. The fraction of sp³-hybridized carbons (Fsp3) is 0.188. The van der Waals surface area contributed by atoms with E-state index >= 15 is 0 Å². The molecule has 0 fully saturated rings. The number of methoxy groups -OCH3 is 1. The maximum absolute atomic E-state index is 13.2. The van der Waals surface area contributed by atoms with Crippen LogP contribution < -0.4 is 9.47 Å². The monoisotopic (exact) mass is 274 g/mol. The Morgan fingerprint density at radius 2 is 2.00 bits per heavy atom. The minimum atomic E-state index is -0.345. The lowest BCUT2D eigenvalue weighted by Crippen LogP contribution is -2.00. The van der Waals surface area contributed by atoms with E-state index in [1.807, 2.05) is 0 Å². The fourth-order valence-electron chi connectivity index (χ4n) is 1.83. The molecule has 0 unspecified atom stereocenters. The Morgan fingerprint density at radius 3 is 2.70 bits per heavy atom. The molecule has 20 heavy (non-hydrogen) atoms. The van der Waals surface area contributed by atoms with Gasteiger partial charge in [0.2, 0.25) is 0 Å². The Bertz CT molecular complexity index is 623. The van der Waals surface area contributed by atoms with Gasteiger partial charge in [-0.2, -0.15) is 0 Å². The first-order valence-corrected chi connectivity index (χ1v) is 6.16. The summed E-state index contributed by atoms with van der Waals surface area (Å²) in [6.07, 6.45) is 0. The van der Waals surface area contributed by atoms with Crippen LogP contribution in [0.4, 0.5) is 4.39 Å². The smallest absolute Gasteiger partial charge is 0.159 e. The van der Waals surface area contributed by atoms with Gasteiger partial charge in [0, 0.05) is 11.1 Å². The molecule has 0 spiro atoms. The second-order valence-electron chi connectivity index (χ2n) is 4.33. The van der Waals surface area contributed by atoms with E-state index in [0.29, 0.717) is 22.6 Å². The molecule has 0 aliphatic rings. The molecule has 0 aromatic heterocycles. The molecule has 0 aliphatic carbocycles. The number of carbonyl (C=O) groups excluding carboxylic acids is 1. The third-order valence-electron chi connectivity index (χ3n) is 2.88. The minimum Gasteiger partial charge on any atom is -0.496 e. The quantitative estimate of drug-likeness (QED) is 0.781. The average Bonchev–Trinajstić information content (AvgIpc) is 2.45. The van der Waals surface area contributed by atoms with Crippen molar-refractivity contribution in [2.24, 2.45) is 0 Å². The molecule has 0 N–H and O–H groups in total. The van der Waals surface area contributed by atoms with Crippen LogP contribution in [0.3, 0.4) is 0 Å². The second kappa shape index (κ2) is 6.19. The molecular formula is C16H15FO3. The van der Waals surface area contributed by atoms with Gasteiger partial charge in [0.25, 0.3) is 0 Å². The number of rotatable bonds is 5. The summed E-state index contributed by atoms with van der Waals surface area (Å²) in [4.78, 5) is 11.3. The van der Waals surface area contributed by atoms with Gasteiger partial charge in [0.15, 0.2) is 5.78 Å². The second-order valence-corrected chi connectivity index (χ2v) is 4.33. The number of Topliss-reactive ketones (excluding diaryl/α,β-unsaturated/α-hetero) is 1. The summed E-state index contributed by atoms with van der Waals surface area (Å²) in [7, 11) is 1.52. The van der Waals surface area contributed by atoms with Crippen molar-refractivity contribution >= 4 is 5.78 Å². The van der Waals surface area contributed by atoms with Crippen molar-refractivity contribution in [1.82, 2.24) is 0 Å².